The zero-order valence-electron chi connectivity index (χ0n) is 12.1. The summed E-state index contributed by atoms with van der Waals surface area (Å²) in [5, 5.41) is 2.84. The van der Waals surface area contributed by atoms with Crippen molar-refractivity contribution in [3.05, 3.63) is 73.3 Å². The fourth-order valence-corrected chi connectivity index (χ4v) is 7.24. The quantitative estimate of drug-likeness (QED) is 0.639. The molecule has 0 aliphatic carbocycles. The minimum atomic E-state index is -1.90. The van der Waals surface area contributed by atoms with Gasteiger partial charge in [-0.2, -0.15) is 0 Å². The summed E-state index contributed by atoms with van der Waals surface area (Å²) in [4.78, 5) is 0. The van der Waals surface area contributed by atoms with Crippen molar-refractivity contribution in [1.82, 2.24) is 0 Å². The molecule has 104 valence electrons. The summed E-state index contributed by atoms with van der Waals surface area (Å²) in [5.74, 6) is 0.477. The Bertz CT molecular complexity index is 496. The van der Waals surface area contributed by atoms with Crippen LogP contribution in [0.25, 0.3) is 0 Å². The summed E-state index contributed by atoms with van der Waals surface area (Å²) in [5.41, 5.74) is 6.30. The van der Waals surface area contributed by atoms with Gasteiger partial charge in [-0.15, -0.1) is 6.58 Å². The molecule has 2 aromatic carbocycles. The van der Waals surface area contributed by atoms with E-state index in [1.54, 1.807) is 0 Å². The third-order valence-electron chi connectivity index (χ3n) is 4.07. The van der Waals surface area contributed by atoms with Crippen molar-refractivity contribution in [1.29, 1.82) is 0 Å². The van der Waals surface area contributed by atoms with E-state index in [2.05, 4.69) is 74.2 Å². The molecule has 0 bridgehead atoms. The molecule has 1 atom stereocenters. The predicted octanol–water partition coefficient (Wildman–Crippen LogP) is 2.57. The Balaban J connectivity index is 2.55. The SMILES string of the molecule is C=CC(C)C[Si](CN)(c1ccccc1)c1ccccc1. The fourth-order valence-electron chi connectivity index (χ4n) is 2.87. The molecule has 0 amide bonds. The lowest BCUT2D eigenvalue weighted by Crippen LogP contribution is -2.64. The van der Waals surface area contributed by atoms with Crippen LogP contribution in [0.5, 0.6) is 0 Å². The highest BCUT2D eigenvalue weighted by molar-refractivity contribution is 7.02. The Labute approximate surface area is 123 Å². The molecule has 0 spiro atoms. The molecule has 0 heterocycles. The van der Waals surface area contributed by atoms with Crippen LogP contribution >= 0.6 is 0 Å². The van der Waals surface area contributed by atoms with Crippen LogP contribution < -0.4 is 16.1 Å². The molecular weight excluding hydrogens is 258 g/mol. The van der Waals surface area contributed by atoms with E-state index >= 15 is 0 Å². The lowest BCUT2D eigenvalue weighted by Gasteiger charge is -2.33. The van der Waals surface area contributed by atoms with Crippen molar-refractivity contribution in [2.24, 2.45) is 11.7 Å². The van der Waals surface area contributed by atoms with Gasteiger partial charge in [-0.3, -0.25) is 0 Å². The van der Waals surface area contributed by atoms with Crippen molar-refractivity contribution < 1.29 is 0 Å². The molecule has 0 aromatic heterocycles. The van der Waals surface area contributed by atoms with Gasteiger partial charge >= 0.3 is 0 Å². The topological polar surface area (TPSA) is 26.0 Å². The molecule has 0 aliphatic heterocycles. The lowest BCUT2D eigenvalue weighted by atomic mass is 10.2. The average molecular weight is 281 g/mol. The highest BCUT2D eigenvalue weighted by Crippen LogP contribution is 2.17. The molecule has 0 saturated heterocycles. The predicted molar refractivity (Wildman–Crippen MR) is 91.1 cm³/mol. The Morgan fingerprint density at radius 1 is 1.00 bits per heavy atom. The maximum Gasteiger partial charge on any atom is 0.131 e. The molecule has 2 aromatic rings. The monoisotopic (exact) mass is 281 g/mol. The van der Waals surface area contributed by atoms with Crippen LogP contribution in [0.1, 0.15) is 6.92 Å². The van der Waals surface area contributed by atoms with E-state index < -0.39 is 8.07 Å². The van der Waals surface area contributed by atoms with Crippen molar-refractivity contribution in [2.45, 2.75) is 13.0 Å². The molecule has 0 fully saturated rings. The first-order valence-electron chi connectivity index (χ1n) is 7.16. The van der Waals surface area contributed by atoms with Crippen molar-refractivity contribution >= 4 is 18.4 Å². The summed E-state index contributed by atoms with van der Waals surface area (Å²) in [7, 11) is -1.90. The van der Waals surface area contributed by atoms with Gasteiger partial charge in [0.2, 0.25) is 0 Å². The van der Waals surface area contributed by atoms with E-state index in [-0.39, 0.29) is 0 Å². The normalized spacial score (nSPS) is 12.9. The minimum Gasteiger partial charge on any atom is -0.332 e. The zero-order valence-corrected chi connectivity index (χ0v) is 13.1. The van der Waals surface area contributed by atoms with E-state index in [1.807, 2.05) is 6.08 Å². The van der Waals surface area contributed by atoms with Crippen LogP contribution in [-0.4, -0.2) is 14.2 Å². The molecule has 0 radical (unpaired) electrons. The van der Waals surface area contributed by atoms with Gasteiger partial charge in [0.15, 0.2) is 0 Å². The van der Waals surface area contributed by atoms with Crippen LogP contribution in [0.3, 0.4) is 0 Å². The molecule has 20 heavy (non-hydrogen) atoms. The van der Waals surface area contributed by atoms with Gasteiger partial charge in [-0.1, -0.05) is 84.0 Å². The van der Waals surface area contributed by atoms with E-state index in [9.17, 15) is 0 Å². The van der Waals surface area contributed by atoms with Gasteiger partial charge in [0.05, 0.1) is 0 Å². The number of allylic oxidation sites excluding steroid dienone is 1. The van der Waals surface area contributed by atoms with Crippen LogP contribution in [0.4, 0.5) is 0 Å². The first-order chi connectivity index (χ1) is 9.73. The highest BCUT2D eigenvalue weighted by Gasteiger charge is 2.36. The van der Waals surface area contributed by atoms with Gasteiger partial charge < -0.3 is 5.73 Å². The molecule has 2 rings (SSSR count). The Morgan fingerprint density at radius 2 is 1.45 bits per heavy atom. The first-order valence-corrected chi connectivity index (χ1v) is 9.58. The maximum atomic E-state index is 6.30. The van der Waals surface area contributed by atoms with Gasteiger partial charge in [0.1, 0.15) is 8.07 Å². The van der Waals surface area contributed by atoms with E-state index in [0.717, 1.165) is 12.2 Å². The third-order valence-corrected chi connectivity index (χ3v) is 8.99. The average Bonchev–Trinajstić information content (AvgIpc) is 2.54. The van der Waals surface area contributed by atoms with E-state index in [1.165, 1.54) is 10.4 Å². The van der Waals surface area contributed by atoms with Crippen LogP contribution in [-0.2, 0) is 0 Å². The number of hydrogen-bond acceptors (Lipinski definition) is 1. The summed E-state index contributed by atoms with van der Waals surface area (Å²) in [6.45, 7) is 6.18. The Morgan fingerprint density at radius 3 is 1.80 bits per heavy atom. The molecule has 0 aliphatic rings. The van der Waals surface area contributed by atoms with Gasteiger partial charge in [-0.25, -0.2) is 0 Å². The first kappa shape index (κ1) is 14.8. The standard InChI is InChI=1S/C18H23NSi/c1-3-16(2)14-20(15-19,17-10-6-4-7-11-17)18-12-8-5-9-13-18/h3-13,16H,1,14-15,19H2,2H3. The highest BCUT2D eigenvalue weighted by atomic mass is 28.3. The molecule has 1 nitrogen and oxygen atoms in total. The number of hydrogen-bond donors (Lipinski definition) is 1. The molecule has 2 N–H and O–H groups in total. The fraction of sp³-hybridized carbons (Fsp3) is 0.222. The lowest BCUT2D eigenvalue weighted by molar-refractivity contribution is 0.814. The second-order valence-electron chi connectivity index (χ2n) is 5.44. The van der Waals surface area contributed by atoms with Gasteiger partial charge in [0, 0.05) is 0 Å². The van der Waals surface area contributed by atoms with Crippen LogP contribution in [0.15, 0.2) is 73.3 Å². The van der Waals surface area contributed by atoms with E-state index in [4.69, 9.17) is 5.73 Å². The minimum absolute atomic E-state index is 0.477. The second kappa shape index (κ2) is 6.68. The number of nitrogens with two attached hydrogens (primary N) is 1. The Hall–Kier alpha value is -1.64. The molecule has 2 heteroatoms. The third kappa shape index (κ3) is 2.92. The van der Waals surface area contributed by atoms with Gasteiger partial charge in [-0.05, 0) is 18.1 Å². The second-order valence-corrected chi connectivity index (χ2v) is 9.57. The van der Waals surface area contributed by atoms with E-state index in [0.29, 0.717) is 5.92 Å². The summed E-state index contributed by atoms with van der Waals surface area (Å²) in [6, 6.07) is 22.7. The smallest absolute Gasteiger partial charge is 0.131 e. The van der Waals surface area contributed by atoms with Gasteiger partial charge in [0.25, 0.3) is 0 Å². The summed E-state index contributed by atoms with van der Waals surface area (Å²) in [6.07, 6.45) is 2.78. The molecule has 1 unspecified atom stereocenters. The van der Waals surface area contributed by atoms with Crippen LogP contribution in [0.2, 0.25) is 6.04 Å². The largest absolute Gasteiger partial charge is 0.332 e. The van der Waals surface area contributed by atoms with Crippen molar-refractivity contribution in [3.8, 4) is 0 Å². The van der Waals surface area contributed by atoms with Crippen molar-refractivity contribution in [2.75, 3.05) is 6.17 Å². The molecular formula is C18H23NSi. The number of rotatable bonds is 6. The zero-order chi connectivity index (χ0) is 14.4. The Kier molecular flexibility index (Phi) is 4.93. The van der Waals surface area contributed by atoms with Crippen molar-refractivity contribution in [3.63, 3.8) is 0 Å². The molecule has 0 saturated carbocycles. The summed E-state index contributed by atoms with van der Waals surface area (Å²) < 4.78 is 0. The maximum absolute atomic E-state index is 6.30. The van der Waals surface area contributed by atoms with Crippen LogP contribution in [0, 0.1) is 5.92 Å². The number of benzene rings is 2. The summed E-state index contributed by atoms with van der Waals surface area (Å²) >= 11 is 0.